The average Bonchev–Trinajstić information content (AvgIpc) is 3.57. The van der Waals surface area contributed by atoms with Gasteiger partial charge in [-0.05, 0) is 41.0 Å². The summed E-state index contributed by atoms with van der Waals surface area (Å²) in [5.74, 6) is 0.599. The smallest absolute Gasteiger partial charge is 0.306 e. The number of ether oxygens (including phenoxy) is 5. The highest BCUT2D eigenvalue weighted by Gasteiger charge is 2.38. The van der Waals surface area contributed by atoms with E-state index in [9.17, 15) is 14.4 Å². The number of carbonyl (C=O) groups excluding carboxylic acids is 3. The highest BCUT2D eigenvalue weighted by atomic mass is 127. The Bertz CT molecular complexity index is 1360. The van der Waals surface area contributed by atoms with E-state index in [1.165, 1.54) is 0 Å². The fourth-order valence-electron chi connectivity index (χ4n) is 5.30. The monoisotopic (exact) mass is 745 g/mol. The lowest BCUT2D eigenvalue weighted by molar-refractivity contribution is -0.149. The molecular formula is C34H40IN3O8. The van der Waals surface area contributed by atoms with Crippen LogP contribution < -0.4 is 23.6 Å². The molecule has 0 aliphatic carbocycles. The van der Waals surface area contributed by atoms with Gasteiger partial charge >= 0.3 is 5.97 Å². The van der Waals surface area contributed by atoms with E-state index in [2.05, 4.69) is 14.2 Å². The molecule has 1 heterocycles. The highest BCUT2D eigenvalue weighted by molar-refractivity contribution is 14.1. The summed E-state index contributed by atoms with van der Waals surface area (Å²) in [7, 11) is 3.27. The van der Waals surface area contributed by atoms with Crippen LogP contribution >= 0.6 is 22.9 Å². The number of halogens is 1. The van der Waals surface area contributed by atoms with Crippen LogP contribution in [-0.4, -0.2) is 77.1 Å². The summed E-state index contributed by atoms with van der Waals surface area (Å²) in [6.45, 7) is 1.56. The first-order valence-electron chi connectivity index (χ1n) is 15.1. The van der Waals surface area contributed by atoms with Gasteiger partial charge < -0.3 is 34.3 Å². The topological polar surface area (TPSA) is 133 Å². The molecule has 0 aromatic heterocycles. The highest BCUT2D eigenvalue weighted by Crippen LogP contribution is 2.41. The van der Waals surface area contributed by atoms with E-state index in [1.54, 1.807) is 37.1 Å². The fourth-order valence-corrected chi connectivity index (χ4v) is 5.57. The minimum Gasteiger partial charge on any atom is -0.497 e. The van der Waals surface area contributed by atoms with E-state index >= 15 is 0 Å². The minimum atomic E-state index is -0.937. The van der Waals surface area contributed by atoms with Crippen molar-refractivity contribution in [2.75, 3.05) is 47.1 Å². The van der Waals surface area contributed by atoms with Crippen LogP contribution in [0.1, 0.15) is 36.0 Å². The van der Waals surface area contributed by atoms with Gasteiger partial charge in [-0.15, -0.1) is 0 Å². The molecule has 1 aliphatic rings. The maximum Gasteiger partial charge on any atom is 0.306 e. The van der Waals surface area contributed by atoms with Gasteiger partial charge in [0.25, 0.3) is 0 Å². The molecule has 11 nitrogen and oxygen atoms in total. The van der Waals surface area contributed by atoms with Gasteiger partial charge in [0.15, 0.2) is 0 Å². The van der Waals surface area contributed by atoms with Crippen LogP contribution in [0.2, 0.25) is 0 Å². The molecule has 0 spiro atoms. The molecule has 1 aliphatic heterocycles. The van der Waals surface area contributed by atoms with E-state index in [4.69, 9.17) is 23.7 Å². The molecule has 3 aromatic rings. The van der Waals surface area contributed by atoms with Gasteiger partial charge in [0, 0.05) is 25.9 Å². The lowest BCUT2D eigenvalue weighted by Gasteiger charge is -2.36. The summed E-state index contributed by atoms with van der Waals surface area (Å²) in [5.41, 5.74) is 1.87. The van der Waals surface area contributed by atoms with Gasteiger partial charge in [-0.25, -0.2) is 0 Å². The largest absolute Gasteiger partial charge is 0.497 e. The average molecular weight is 746 g/mol. The number of carbonyl (C=O) groups is 3. The lowest BCUT2D eigenvalue weighted by Crippen LogP contribution is -2.41. The normalized spacial score (nSPS) is 16.0. The molecule has 0 radical (unpaired) electrons. The molecule has 2 amide bonds. The van der Waals surface area contributed by atoms with Crippen LogP contribution in [-0.2, 0) is 34.2 Å². The summed E-state index contributed by atoms with van der Waals surface area (Å²) >= 11 is 1.73. The van der Waals surface area contributed by atoms with Gasteiger partial charge in [0.05, 0.1) is 69.4 Å². The number of hydrogen-bond donors (Lipinski definition) is 3. The van der Waals surface area contributed by atoms with Gasteiger partial charge in [0.1, 0.15) is 23.2 Å². The Morgan fingerprint density at radius 1 is 0.826 bits per heavy atom. The zero-order valence-corrected chi connectivity index (χ0v) is 28.1. The maximum absolute atomic E-state index is 12.6. The summed E-state index contributed by atoms with van der Waals surface area (Å²) in [6.07, 6.45) is 0.00654. The molecular weight excluding hydrogens is 705 g/mol. The molecule has 3 N–H and O–H groups in total. The van der Waals surface area contributed by atoms with Gasteiger partial charge in [-0.3, -0.25) is 17.9 Å². The van der Waals surface area contributed by atoms with Crippen molar-refractivity contribution in [1.29, 1.82) is 0 Å². The van der Waals surface area contributed by atoms with Crippen molar-refractivity contribution in [3.05, 3.63) is 95.6 Å². The number of nitrogens with one attached hydrogen (secondary N) is 3. The van der Waals surface area contributed by atoms with Crippen LogP contribution in [0.3, 0.4) is 0 Å². The zero-order valence-electron chi connectivity index (χ0n) is 26.0. The summed E-state index contributed by atoms with van der Waals surface area (Å²) in [6, 6.07) is 25.2. The Morgan fingerprint density at radius 3 is 2.02 bits per heavy atom. The Balaban J connectivity index is 1.31. The summed E-state index contributed by atoms with van der Waals surface area (Å²) < 4.78 is 31.2. The van der Waals surface area contributed by atoms with Crippen molar-refractivity contribution in [3.63, 3.8) is 0 Å². The van der Waals surface area contributed by atoms with Gasteiger partial charge in [-0.1, -0.05) is 54.6 Å². The van der Waals surface area contributed by atoms with Crippen molar-refractivity contribution in [3.8, 4) is 11.5 Å². The molecule has 46 heavy (non-hydrogen) atoms. The van der Waals surface area contributed by atoms with Gasteiger partial charge in [-0.2, -0.15) is 0 Å². The first kappa shape index (κ1) is 35.1. The maximum atomic E-state index is 12.6. The third-order valence-corrected chi connectivity index (χ3v) is 8.23. The number of hydrogen-bond acceptors (Lipinski definition) is 9. The molecule has 4 rings (SSSR count). The van der Waals surface area contributed by atoms with E-state index in [0.29, 0.717) is 32.7 Å². The molecule has 3 aromatic carbocycles. The van der Waals surface area contributed by atoms with Crippen molar-refractivity contribution < 1.29 is 38.1 Å². The summed E-state index contributed by atoms with van der Waals surface area (Å²) in [4.78, 5) is 35.9. The Kier molecular flexibility index (Phi) is 13.6. The number of amides is 2. The van der Waals surface area contributed by atoms with Crippen LogP contribution in [0, 0.1) is 0 Å². The molecule has 0 saturated carbocycles. The Labute approximate surface area is 283 Å². The predicted octanol–water partition coefficient (Wildman–Crippen LogP) is 3.67. The van der Waals surface area contributed by atoms with E-state index in [0.717, 1.165) is 28.2 Å². The molecule has 0 bridgehead atoms. The van der Waals surface area contributed by atoms with E-state index in [1.807, 2.05) is 78.9 Å². The number of rotatable bonds is 17. The zero-order chi connectivity index (χ0) is 32.8. The third-order valence-electron chi connectivity index (χ3n) is 7.63. The van der Waals surface area contributed by atoms with Crippen molar-refractivity contribution >= 4 is 40.6 Å². The molecule has 12 heteroatoms. The number of methoxy groups -OCH3 is 2. The molecule has 1 fully saturated rings. The molecule has 1 saturated heterocycles. The van der Waals surface area contributed by atoms with Crippen molar-refractivity contribution in [2.45, 2.75) is 37.0 Å². The van der Waals surface area contributed by atoms with Crippen molar-refractivity contribution in [2.24, 2.45) is 0 Å². The standard InChI is InChI=1S/C34H40IN3O8/c1-42-27-12-8-25(9-13-27)34(24-6-4-3-5-7-24,26-10-14-28(43-2)15-11-26)45-21-20-44-19-18-36-33(41)30-22-29(23-37-30)46-32(40)17-16-31(39)38-35/h3-15,29-30,37H,16-23H2,1-2H3,(H,36,41)(H,38,39)/t29-,30+/m1/s1. The lowest BCUT2D eigenvalue weighted by atomic mass is 9.80. The van der Waals surface area contributed by atoms with Gasteiger partial charge in [0.2, 0.25) is 11.8 Å². The molecule has 0 unspecified atom stereocenters. The Morgan fingerprint density at radius 2 is 1.43 bits per heavy atom. The van der Waals surface area contributed by atoms with Crippen LogP contribution in [0.25, 0.3) is 0 Å². The predicted molar refractivity (Wildman–Crippen MR) is 180 cm³/mol. The second-order valence-electron chi connectivity index (χ2n) is 10.6. The number of esters is 1. The Hall–Kier alpha value is -3.72. The first-order valence-corrected chi connectivity index (χ1v) is 16.1. The summed E-state index contributed by atoms with van der Waals surface area (Å²) in [5, 5.41) is 5.95. The van der Waals surface area contributed by atoms with Crippen LogP contribution in [0.4, 0.5) is 0 Å². The van der Waals surface area contributed by atoms with E-state index < -0.39 is 23.7 Å². The quantitative estimate of drug-likeness (QED) is 0.0623. The first-order chi connectivity index (χ1) is 22.4. The van der Waals surface area contributed by atoms with E-state index in [-0.39, 0.29) is 31.3 Å². The molecule has 2 atom stereocenters. The van der Waals surface area contributed by atoms with Crippen LogP contribution in [0.5, 0.6) is 11.5 Å². The second kappa shape index (κ2) is 17.8. The SMILES string of the molecule is COc1ccc(C(OCCOCCNC(=O)[C@@H]2C[C@@H](OC(=O)CCC(=O)NI)CN2)(c2ccccc2)c2ccc(OC)cc2)cc1. The van der Waals surface area contributed by atoms with Crippen LogP contribution in [0.15, 0.2) is 78.9 Å². The third kappa shape index (κ3) is 9.41. The molecule has 246 valence electrons. The fraction of sp³-hybridized carbons (Fsp3) is 0.382. The van der Waals surface area contributed by atoms with Crippen molar-refractivity contribution in [1.82, 2.24) is 14.2 Å². The number of benzene rings is 3. The second-order valence-corrected chi connectivity index (χ2v) is 11.1. The minimum absolute atomic E-state index is 0.00405.